The van der Waals surface area contributed by atoms with E-state index in [0.29, 0.717) is 13.2 Å². The van der Waals surface area contributed by atoms with E-state index in [9.17, 15) is 0 Å². The monoisotopic (exact) mass is 568 g/mol. The third-order valence-corrected chi connectivity index (χ3v) is 6.02. The predicted octanol–water partition coefficient (Wildman–Crippen LogP) is 2.89. The quantitative estimate of drug-likeness (QED) is 0.302. The maximum atomic E-state index is 5.16. The first-order valence-corrected chi connectivity index (χ1v) is 11.9. The molecule has 0 bridgehead atoms. The number of fused-ring (bicyclic) bond motifs is 1. The van der Waals surface area contributed by atoms with Crippen molar-refractivity contribution in [1.82, 2.24) is 30.4 Å². The van der Waals surface area contributed by atoms with E-state index < -0.39 is 0 Å². The molecule has 2 aromatic heterocycles. The smallest absolute Gasteiger partial charge is 0.191 e. The van der Waals surface area contributed by atoms with Gasteiger partial charge in [0, 0.05) is 45.4 Å². The maximum Gasteiger partial charge on any atom is 0.191 e. The van der Waals surface area contributed by atoms with Crippen molar-refractivity contribution in [3.8, 4) is 0 Å². The summed E-state index contributed by atoms with van der Waals surface area (Å²) in [6.45, 7) is 6.96. The van der Waals surface area contributed by atoms with Crippen molar-refractivity contribution in [2.24, 2.45) is 4.99 Å². The van der Waals surface area contributed by atoms with Gasteiger partial charge < -0.3 is 20.3 Å². The summed E-state index contributed by atoms with van der Waals surface area (Å²) in [6, 6.07) is 4.56. The van der Waals surface area contributed by atoms with Crippen molar-refractivity contribution in [3.63, 3.8) is 0 Å². The number of nitrogens with one attached hydrogen (secondary N) is 2. The number of ether oxygens (including phenoxy) is 1. The minimum absolute atomic E-state index is 0. The van der Waals surface area contributed by atoms with E-state index in [-0.39, 0.29) is 30.0 Å². The summed E-state index contributed by atoms with van der Waals surface area (Å²) in [5.41, 5.74) is 1.12. The van der Waals surface area contributed by atoms with Crippen molar-refractivity contribution in [3.05, 3.63) is 35.5 Å². The summed E-state index contributed by atoms with van der Waals surface area (Å²) >= 11 is 0. The minimum Gasteiger partial charge on any atom is -0.377 e. The lowest BCUT2D eigenvalue weighted by Crippen LogP contribution is -2.47. The molecule has 4 rings (SSSR count). The number of methoxy groups -OCH3 is 1. The van der Waals surface area contributed by atoms with Crippen LogP contribution in [-0.4, -0.2) is 58.5 Å². The highest BCUT2D eigenvalue weighted by Gasteiger charge is 2.22. The molecule has 2 N–H and O–H groups in total. The van der Waals surface area contributed by atoms with Gasteiger partial charge in [0.25, 0.3) is 0 Å². The van der Waals surface area contributed by atoms with Crippen LogP contribution in [0.25, 0.3) is 0 Å². The maximum absolute atomic E-state index is 5.16. The molecule has 9 nitrogen and oxygen atoms in total. The van der Waals surface area contributed by atoms with E-state index in [1.54, 1.807) is 7.11 Å². The first kappa shape index (κ1) is 25.7. The van der Waals surface area contributed by atoms with Crippen LogP contribution >= 0.6 is 24.0 Å². The van der Waals surface area contributed by atoms with Gasteiger partial charge in [0.2, 0.25) is 0 Å². The molecule has 1 fully saturated rings. The molecule has 0 aliphatic carbocycles. The highest BCUT2D eigenvalue weighted by atomic mass is 127. The zero-order valence-electron chi connectivity index (χ0n) is 19.8. The zero-order chi connectivity index (χ0) is 22.2. The van der Waals surface area contributed by atoms with Gasteiger partial charge in [-0.3, -0.25) is 0 Å². The molecule has 2 aliphatic heterocycles. The molecule has 182 valence electrons. The fraction of sp³-hybridized carbons (Fsp3) is 0.652. The molecule has 33 heavy (non-hydrogen) atoms. The summed E-state index contributed by atoms with van der Waals surface area (Å²) in [7, 11) is 1.67. The summed E-state index contributed by atoms with van der Waals surface area (Å²) in [4.78, 5) is 16.5. The standard InChI is InChI=1S/C23H36N8O.HI/c1-3-24-23(27-19-9-11-22-28-20(17-32-2)29-31(22)16-19)26-15-18-8-10-21(25-14-18)30-12-6-4-5-7-13-30;/h8,10,14,19H,3-7,9,11-13,15-17H2,1-2H3,(H2,24,26,27);1H. The minimum atomic E-state index is 0. The van der Waals surface area contributed by atoms with Gasteiger partial charge in [-0.15, -0.1) is 24.0 Å². The number of aliphatic imine (C=N–C) groups is 1. The third-order valence-electron chi connectivity index (χ3n) is 6.02. The number of halogens is 1. The molecule has 0 radical (unpaired) electrons. The molecule has 1 saturated heterocycles. The van der Waals surface area contributed by atoms with E-state index in [2.05, 4.69) is 44.7 Å². The number of hydrogen-bond acceptors (Lipinski definition) is 6. The van der Waals surface area contributed by atoms with Crippen molar-refractivity contribution < 1.29 is 4.74 Å². The Bertz CT molecular complexity index is 877. The summed E-state index contributed by atoms with van der Waals surface area (Å²) in [6.07, 6.45) is 9.05. The molecule has 10 heteroatoms. The number of hydrogen-bond donors (Lipinski definition) is 2. The molecule has 4 heterocycles. The second-order valence-corrected chi connectivity index (χ2v) is 8.56. The van der Waals surface area contributed by atoms with Gasteiger partial charge in [0.1, 0.15) is 18.2 Å². The van der Waals surface area contributed by atoms with Gasteiger partial charge in [-0.2, -0.15) is 5.10 Å². The Labute approximate surface area is 213 Å². The molecule has 2 aromatic rings. The fourth-order valence-electron chi connectivity index (χ4n) is 4.35. The Morgan fingerprint density at radius 1 is 1.21 bits per heavy atom. The average Bonchev–Trinajstić information content (AvgIpc) is 3.01. The summed E-state index contributed by atoms with van der Waals surface area (Å²) in [5.74, 6) is 3.70. The van der Waals surface area contributed by atoms with Gasteiger partial charge in [-0.1, -0.05) is 18.9 Å². The molecule has 0 spiro atoms. The van der Waals surface area contributed by atoms with Gasteiger partial charge in [0.05, 0.1) is 13.1 Å². The first-order valence-electron chi connectivity index (χ1n) is 11.9. The van der Waals surface area contributed by atoms with Gasteiger partial charge >= 0.3 is 0 Å². The molecule has 0 saturated carbocycles. The topological polar surface area (TPSA) is 92.5 Å². The summed E-state index contributed by atoms with van der Waals surface area (Å²) in [5, 5.41) is 11.5. The van der Waals surface area contributed by atoms with Crippen LogP contribution in [0.3, 0.4) is 0 Å². The van der Waals surface area contributed by atoms with E-state index in [1.165, 1.54) is 25.7 Å². The lowest BCUT2D eigenvalue weighted by atomic mass is 10.1. The fourth-order valence-corrected chi connectivity index (χ4v) is 4.35. The number of anilines is 1. The van der Waals surface area contributed by atoms with Crippen LogP contribution in [0.15, 0.2) is 23.3 Å². The molecule has 0 aromatic carbocycles. The lowest BCUT2D eigenvalue weighted by Gasteiger charge is -2.25. The van der Waals surface area contributed by atoms with Crippen molar-refractivity contribution in [1.29, 1.82) is 0 Å². The van der Waals surface area contributed by atoms with Crippen LogP contribution in [0.5, 0.6) is 0 Å². The predicted molar refractivity (Wildman–Crippen MR) is 141 cm³/mol. The van der Waals surface area contributed by atoms with Crippen LogP contribution in [0, 0.1) is 0 Å². The van der Waals surface area contributed by atoms with Crippen molar-refractivity contribution >= 4 is 35.8 Å². The average molecular weight is 569 g/mol. The second kappa shape index (κ2) is 13.1. The van der Waals surface area contributed by atoms with Crippen LogP contribution in [0.4, 0.5) is 5.82 Å². The van der Waals surface area contributed by atoms with E-state index in [1.807, 2.05) is 10.9 Å². The Hall–Kier alpha value is -1.95. The Morgan fingerprint density at radius 3 is 2.73 bits per heavy atom. The highest BCUT2D eigenvalue weighted by molar-refractivity contribution is 14.0. The van der Waals surface area contributed by atoms with Crippen LogP contribution in [0.2, 0.25) is 0 Å². The number of rotatable bonds is 7. The number of nitrogens with zero attached hydrogens (tertiary/aromatic N) is 6. The molecular weight excluding hydrogens is 531 g/mol. The molecular formula is C23H37IN8O. The zero-order valence-corrected chi connectivity index (χ0v) is 22.1. The molecule has 1 unspecified atom stereocenters. The highest BCUT2D eigenvalue weighted by Crippen LogP contribution is 2.18. The number of guanidine groups is 1. The van der Waals surface area contributed by atoms with E-state index >= 15 is 0 Å². The number of aryl methyl sites for hydroxylation is 1. The largest absolute Gasteiger partial charge is 0.377 e. The number of pyridine rings is 1. The van der Waals surface area contributed by atoms with E-state index in [4.69, 9.17) is 14.7 Å². The van der Waals surface area contributed by atoms with Crippen molar-refractivity contribution in [2.45, 2.75) is 71.2 Å². The normalized spacial score (nSPS) is 18.8. The van der Waals surface area contributed by atoms with Crippen LogP contribution < -0.4 is 15.5 Å². The SMILES string of the molecule is CCNC(=NCc1ccc(N2CCCCCC2)nc1)NC1CCc2nc(COC)nn2C1.I. The second-order valence-electron chi connectivity index (χ2n) is 8.56. The molecule has 0 amide bonds. The van der Waals surface area contributed by atoms with Gasteiger partial charge in [-0.05, 0) is 37.8 Å². The Balaban J connectivity index is 0.00000306. The van der Waals surface area contributed by atoms with Crippen LogP contribution in [-0.2, 0) is 30.9 Å². The van der Waals surface area contributed by atoms with E-state index in [0.717, 1.165) is 68.0 Å². The molecule has 2 aliphatic rings. The third kappa shape index (κ3) is 7.26. The van der Waals surface area contributed by atoms with Gasteiger partial charge in [0.15, 0.2) is 11.8 Å². The summed E-state index contributed by atoms with van der Waals surface area (Å²) < 4.78 is 7.15. The lowest BCUT2D eigenvalue weighted by molar-refractivity contribution is 0.177. The first-order chi connectivity index (χ1) is 15.7. The van der Waals surface area contributed by atoms with Crippen molar-refractivity contribution in [2.75, 3.05) is 31.6 Å². The van der Waals surface area contributed by atoms with Gasteiger partial charge in [-0.25, -0.2) is 19.6 Å². The number of aromatic nitrogens is 4. The Morgan fingerprint density at radius 2 is 2.03 bits per heavy atom. The molecule has 1 atom stereocenters. The van der Waals surface area contributed by atoms with Crippen LogP contribution in [0.1, 0.15) is 56.2 Å². The Kier molecular flexibility index (Phi) is 10.2.